The van der Waals surface area contributed by atoms with E-state index in [-0.39, 0.29) is 0 Å². The summed E-state index contributed by atoms with van der Waals surface area (Å²) >= 11 is 6.20. The van der Waals surface area contributed by atoms with Crippen LogP contribution in [0.3, 0.4) is 0 Å². The van der Waals surface area contributed by atoms with Gasteiger partial charge in [-0.3, -0.25) is 0 Å². The molecule has 2 nitrogen and oxygen atoms in total. The number of rotatable bonds is 8. The van der Waals surface area contributed by atoms with Crippen LogP contribution in [0.15, 0.2) is 12.7 Å². The molecule has 13 heavy (non-hydrogen) atoms. The van der Waals surface area contributed by atoms with Crippen LogP contribution in [-0.4, -0.2) is 17.3 Å². The van der Waals surface area contributed by atoms with E-state index >= 15 is 0 Å². The lowest BCUT2D eigenvalue weighted by Crippen LogP contribution is -1.90. The zero-order chi connectivity index (χ0) is 10.2. The van der Waals surface area contributed by atoms with Crippen molar-refractivity contribution in [2.24, 2.45) is 0 Å². The van der Waals surface area contributed by atoms with Crippen LogP contribution < -0.4 is 0 Å². The molecule has 0 bridgehead atoms. The molecule has 0 rings (SSSR count). The molecule has 1 unspecified atom stereocenters. The predicted molar refractivity (Wildman–Crippen MR) is 64.6 cm³/mol. The Balaban J connectivity index is 3.50. The molecular weight excluding hydrogens is 223 g/mol. The third kappa shape index (κ3) is 8.98. The first-order valence-electron chi connectivity index (χ1n) is 4.35. The van der Waals surface area contributed by atoms with Gasteiger partial charge in [0.05, 0.1) is 6.61 Å². The van der Waals surface area contributed by atoms with Gasteiger partial charge in [0.2, 0.25) is 5.69 Å². The van der Waals surface area contributed by atoms with Crippen molar-refractivity contribution in [3.63, 3.8) is 0 Å². The molecule has 0 aromatic rings. The van der Waals surface area contributed by atoms with Crippen molar-refractivity contribution >= 4 is 28.9 Å². The van der Waals surface area contributed by atoms with Gasteiger partial charge in [-0.2, -0.15) is 0 Å². The summed E-state index contributed by atoms with van der Waals surface area (Å²) in [4.78, 5) is 9.56. The van der Waals surface area contributed by atoms with E-state index in [1.165, 1.54) is 11.4 Å². The summed E-state index contributed by atoms with van der Waals surface area (Å²) in [5.74, 6) is 0.654. The van der Waals surface area contributed by atoms with Gasteiger partial charge in [-0.15, -0.1) is 6.58 Å². The quantitative estimate of drug-likeness (QED) is 0.400. The van der Waals surface area contributed by atoms with E-state index in [1.807, 2.05) is 0 Å². The van der Waals surface area contributed by atoms with Crippen LogP contribution in [0.4, 0.5) is 0 Å². The molecule has 1 N–H and O–H groups in total. The standard InChI is InChI=1S/C8H17O2PS2/c1-3-5-6-7-10-11(9,12)13-8-4-2/h4H,2-3,5-8H2,1H3,(H,9,12). The Labute approximate surface area is 89.7 Å². The Hall–Kier alpha value is 0.660. The van der Waals surface area contributed by atoms with Crippen LogP contribution in [0.5, 0.6) is 0 Å². The van der Waals surface area contributed by atoms with Crippen LogP contribution in [0, 0.1) is 0 Å². The van der Waals surface area contributed by atoms with E-state index in [2.05, 4.69) is 13.5 Å². The summed E-state index contributed by atoms with van der Waals surface area (Å²) in [6, 6.07) is 0. The molecule has 0 amide bonds. The van der Waals surface area contributed by atoms with Crippen molar-refractivity contribution < 1.29 is 9.42 Å². The van der Waals surface area contributed by atoms with Crippen molar-refractivity contribution in [1.82, 2.24) is 0 Å². The second kappa shape index (κ2) is 8.01. The summed E-state index contributed by atoms with van der Waals surface area (Å²) in [7, 11) is 0. The van der Waals surface area contributed by atoms with Crippen molar-refractivity contribution in [3.05, 3.63) is 12.7 Å². The lowest BCUT2D eigenvalue weighted by molar-refractivity contribution is 0.309. The van der Waals surface area contributed by atoms with E-state index < -0.39 is 5.69 Å². The number of hydrogen-bond acceptors (Lipinski definition) is 3. The minimum Gasteiger partial charge on any atom is -0.337 e. The monoisotopic (exact) mass is 240 g/mol. The first-order chi connectivity index (χ1) is 6.12. The molecule has 0 aromatic heterocycles. The van der Waals surface area contributed by atoms with Gasteiger partial charge in [0.15, 0.2) is 0 Å². The molecule has 5 heteroatoms. The summed E-state index contributed by atoms with van der Waals surface area (Å²) in [5.41, 5.74) is -2.57. The minimum atomic E-state index is -2.57. The molecule has 1 atom stereocenters. The van der Waals surface area contributed by atoms with E-state index in [9.17, 15) is 4.89 Å². The van der Waals surface area contributed by atoms with Crippen molar-refractivity contribution in [3.8, 4) is 0 Å². The number of hydrogen-bond donors (Lipinski definition) is 1. The predicted octanol–water partition coefficient (Wildman–Crippen LogP) is 3.33. The maximum atomic E-state index is 9.56. The largest absolute Gasteiger partial charge is 0.337 e. The molecule has 0 saturated heterocycles. The molecule has 0 aliphatic rings. The fourth-order valence-corrected chi connectivity index (χ4v) is 3.54. The van der Waals surface area contributed by atoms with E-state index in [1.54, 1.807) is 6.08 Å². The molecule has 0 fully saturated rings. The molecule has 0 aromatic carbocycles. The fourth-order valence-electron chi connectivity index (χ4n) is 0.716. The second-order valence-electron chi connectivity index (χ2n) is 2.59. The topological polar surface area (TPSA) is 29.5 Å². The van der Waals surface area contributed by atoms with Crippen LogP contribution >= 0.6 is 17.1 Å². The van der Waals surface area contributed by atoms with Gasteiger partial charge in [0, 0.05) is 5.75 Å². The van der Waals surface area contributed by atoms with E-state index in [0.29, 0.717) is 12.4 Å². The van der Waals surface area contributed by atoms with Crippen LogP contribution in [0.1, 0.15) is 26.2 Å². The van der Waals surface area contributed by atoms with Crippen LogP contribution in [0.2, 0.25) is 0 Å². The van der Waals surface area contributed by atoms with Gasteiger partial charge < -0.3 is 9.42 Å². The normalized spacial score (nSPS) is 15.2. The van der Waals surface area contributed by atoms with Gasteiger partial charge in [0.25, 0.3) is 0 Å². The summed E-state index contributed by atoms with van der Waals surface area (Å²) in [5, 5.41) is 0. The Bertz CT molecular complexity index is 185. The van der Waals surface area contributed by atoms with E-state index in [0.717, 1.165) is 19.3 Å². The van der Waals surface area contributed by atoms with Crippen LogP contribution in [0.25, 0.3) is 0 Å². The summed E-state index contributed by atoms with van der Waals surface area (Å²) in [6.07, 6.45) is 4.97. The summed E-state index contributed by atoms with van der Waals surface area (Å²) in [6.45, 7) is 6.26. The Morgan fingerprint density at radius 2 is 2.31 bits per heavy atom. The third-order valence-corrected chi connectivity index (χ3v) is 5.58. The number of unbranched alkanes of at least 4 members (excludes halogenated alkanes) is 2. The molecule has 0 aliphatic heterocycles. The lowest BCUT2D eigenvalue weighted by atomic mass is 10.3. The first kappa shape index (κ1) is 13.7. The molecule has 0 aliphatic carbocycles. The Morgan fingerprint density at radius 3 is 2.85 bits per heavy atom. The first-order valence-corrected chi connectivity index (χ1v) is 8.61. The fraction of sp³-hybridized carbons (Fsp3) is 0.750. The van der Waals surface area contributed by atoms with E-state index in [4.69, 9.17) is 16.3 Å². The Morgan fingerprint density at radius 1 is 1.62 bits per heavy atom. The average Bonchev–Trinajstić information content (AvgIpc) is 2.09. The minimum absolute atomic E-state index is 0.575. The highest BCUT2D eigenvalue weighted by Gasteiger charge is 2.12. The SMILES string of the molecule is C=CCSP(O)(=S)OCCCCC. The van der Waals surface area contributed by atoms with Crippen LogP contribution in [-0.2, 0) is 16.3 Å². The van der Waals surface area contributed by atoms with Gasteiger partial charge in [-0.25, -0.2) is 0 Å². The van der Waals surface area contributed by atoms with Gasteiger partial charge in [0.1, 0.15) is 0 Å². The van der Waals surface area contributed by atoms with Crippen molar-refractivity contribution in [2.75, 3.05) is 12.4 Å². The lowest BCUT2D eigenvalue weighted by Gasteiger charge is -2.13. The Kier molecular flexibility index (Phi) is 8.42. The smallest absolute Gasteiger partial charge is 0.245 e. The van der Waals surface area contributed by atoms with Gasteiger partial charge in [-0.1, -0.05) is 37.2 Å². The zero-order valence-electron chi connectivity index (χ0n) is 7.94. The molecule has 0 heterocycles. The zero-order valence-corrected chi connectivity index (χ0v) is 10.5. The van der Waals surface area contributed by atoms with Crippen molar-refractivity contribution in [2.45, 2.75) is 26.2 Å². The second-order valence-corrected chi connectivity index (χ2v) is 8.82. The molecule has 0 saturated carbocycles. The third-order valence-electron chi connectivity index (χ3n) is 1.36. The molecule has 78 valence electrons. The highest BCUT2D eigenvalue weighted by molar-refractivity contribution is 8.67. The highest BCUT2D eigenvalue weighted by atomic mass is 32.9. The maximum absolute atomic E-state index is 9.56. The summed E-state index contributed by atoms with van der Waals surface area (Å²) < 4.78 is 5.23. The molecular formula is C8H17O2PS2. The average molecular weight is 240 g/mol. The molecule has 0 spiro atoms. The highest BCUT2D eigenvalue weighted by Crippen LogP contribution is 2.55. The maximum Gasteiger partial charge on any atom is 0.245 e. The van der Waals surface area contributed by atoms with Crippen molar-refractivity contribution in [1.29, 1.82) is 0 Å². The van der Waals surface area contributed by atoms with Gasteiger partial charge >= 0.3 is 0 Å². The molecule has 0 radical (unpaired) electrons. The van der Waals surface area contributed by atoms with Gasteiger partial charge in [-0.05, 0) is 18.2 Å².